The predicted octanol–water partition coefficient (Wildman–Crippen LogP) is 2.10. The molecule has 0 aromatic carbocycles. The fraction of sp³-hybridized carbons (Fsp3) is 0.667. The fourth-order valence-corrected chi connectivity index (χ4v) is 2.37. The van der Waals surface area contributed by atoms with Crippen LogP contribution in [0.2, 0.25) is 0 Å². The van der Waals surface area contributed by atoms with Gasteiger partial charge in [-0.3, -0.25) is 0 Å². The zero-order valence-electron chi connectivity index (χ0n) is 10.1. The van der Waals surface area contributed by atoms with Crippen LogP contribution in [0.1, 0.15) is 36.6 Å². The lowest BCUT2D eigenvalue weighted by molar-refractivity contribution is -0.0579. The van der Waals surface area contributed by atoms with Gasteiger partial charge in [0, 0.05) is 16.3 Å². The number of aryl methyl sites for hydroxylation is 1. The molecule has 3 nitrogen and oxygen atoms in total. The molecule has 0 amide bonds. The molecule has 0 saturated heterocycles. The first-order chi connectivity index (χ1) is 7.58. The Kier molecular flexibility index (Phi) is 5.41. The van der Waals surface area contributed by atoms with Gasteiger partial charge in [-0.15, -0.1) is 11.3 Å². The van der Waals surface area contributed by atoms with Gasteiger partial charge in [0.05, 0.1) is 12.2 Å². The van der Waals surface area contributed by atoms with Crippen molar-refractivity contribution >= 4 is 11.3 Å². The second-order valence-electron chi connectivity index (χ2n) is 3.96. The maximum Gasteiger partial charge on any atom is 0.104 e. The first kappa shape index (κ1) is 13.6. The third-order valence-corrected chi connectivity index (χ3v) is 3.94. The summed E-state index contributed by atoms with van der Waals surface area (Å²) in [4.78, 5) is 2.48. The Labute approximate surface area is 101 Å². The van der Waals surface area contributed by atoms with Gasteiger partial charge >= 0.3 is 0 Å². The van der Waals surface area contributed by atoms with Gasteiger partial charge in [0.1, 0.15) is 6.10 Å². The van der Waals surface area contributed by atoms with Gasteiger partial charge in [-0.2, -0.15) is 0 Å². The molecule has 1 aromatic rings. The number of hydrogen-bond acceptors (Lipinski definition) is 4. The van der Waals surface area contributed by atoms with Crippen molar-refractivity contribution in [3.8, 4) is 0 Å². The van der Waals surface area contributed by atoms with Crippen LogP contribution in [0.3, 0.4) is 0 Å². The minimum atomic E-state index is -0.473. The van der Waals surface area contributed by atoms with Crippen LogP contribution in [0.15, 0.2) is 12.1 Å². The summed E-state index contributed by atoms with van der Waals surface area (Å²) >= 11 is 1.73. The summed E-state index contributed by atoms with van der Waals surface area (Å²) in [6.07, 6.45) is 0.267. The number of aliphatic hydroxyl groups excluding tert-OH is 1. The van der Waals surface area contributed by atoms with E-state index in [0.717, 1.165) is 11.3 Å². The van der Waals surface area contributed by atoms with Gasteiger partial charge in [0.25, 0.3) is 0 Å². The molecule has 0 aliphatic heterocycles. The molecule has 0 fully saturated rings. The van der Waals surface area contributed by atoms with E-state index in [4.69, 9.17) is 10.5 Å². The van der Waals surface area contributed by atoms with Crippen LogP contribution in [-0.4, -0.2) is 23.9 Å². The molecule has 0 aliphatic carbocycles. The molecule has 92 valence electrons. The van der Waals surface area contributed by atoms with E-state index in [-0.39, 0.29) is 12.2 Å². The smallest absolute Gasteiger partial charge is 0.104 e. The molecule has 1 heterocycles. The standard InChI is InChI=1S/C12H21NO2S/c1-4-10-5-6-12(16-10)11(7-13)15-9(3)8(2)14/h5-6,8-9,11,14H,4,7,13H2,1-3H3. The normalized spacial score (nSPS) is 17.1. The predicted molar refractivity (Wildman–Crippen MR) is 67.7 cm³/mol. The maximum absolute atomic E-state index is 9.40. The zero-order valence-corrected chi connectivity index (χ0v) is 11.0. The van der Waals surface area contributed by atoms with E-state index in [1.165, 1.54) is 4.88 Å². The number of aliphatic hydroxyl groups is 1. The van der Waals surface area contributed by atoms with Gasteiger partial charge in [0.15, 0.2) is 0 Å². The number of thiophene rings is 1. The average molecular weight is 243 g/mol. The average Bonchev–Trinajstić information content (AvgIpc) is 2.73. The van der Waals surface area contributed by atoms with Crippen LogP contribution in [0.5, 0.6) is 0 Å². The molecule has 0 bridgehead atoms. The van der Waals surface area contributed by atoms with Crippen molar-refractivity contribution in [3.63, 3.8) is 0 Å². The molecule has 0 saturated carbocycles. The fourth-order valence-electron chi connectivity index (χ4n) is 1.37. The van der Waals surface area contributed by atoms with E-state index in [1.807, 2.05) is 6.92 Å². The van der Waals surface area contributed by atoms with Crippen LogP contribution in [-0.2, 0) is 11.2 Å². The topological polar surface area (TPSA) is 55.5 Å². The van der Waals surface area contributed by atoms with Gasteiger partial charge in [-0.25, -0.2) is 0 Å². The molecule has 4 heteroatoms. The summed E-state index contributed by atoms with van der Waals surface area (Å²) in [6, 6.07) is 4.18. The molecule has 1 rings (SSSR count). The molecule has 16 heavy (non-hydrogen) atoms. The van der Waals surface area contributed by atoms with E-state index in [0.29, 0.717) is 6.54 Å². The van der Waals surface area contributed by atoms with E-state index < -0.39 is 6.10 Å². The lowest BCUT2D eigenvalue weighted by Gasteiger charge is -2.22. The Balaban J connectivity index is 2.66. The second-order valence-corrected chi connectivity index (χ2v) is 5.16. The maximum atomic E-state index is 9.40. The third kappa shape index (κ3) is 3.56. The highest BCUT2D eigenvalue weighted by Gasteiger charge is 2.18. The minimum Gasteiger partial charge on any atom is -0.391 e. The van der Waals surface area contributed by atoms with Crippen molar-refractivity contribution in [3.05, 3.63) is 21.9 Å². The van der Waals surface area contributed by atoms with Crippen molar-refractivity contribution in [1.82, 2.24) is 0 Å². The summed E-state index contributed by atoms with van der Waals surface area (Å²) in [7, 11) is 0. The molecule has 1 aromatic heterocycles. The highest BCUT2D eigenvalue weighted by atomic mass is 32.1. The lowest BCUT2D eigenvalue weighted by atomic mass is 10.2. The van der Waals surface area contributed by atoms with Crippen molar-refractivity contribution < 1.29 is 9.84 Å². The van der Waals surface area contributed by atoms with Crippen molar-refractivity contribution in [2.45, 2.75) is 45.5 Å². The molecule has 0 spiro atoms. The van der Waals surface area contributed by atoms with E-state index in [1.54, 1.807) is 18.3 Å². The molecule has 3 N–H and O–H groups in total. The zero-order chi connectivity index (χ0) is 12.1. The molecule has 3 atom stereocenters. The Morgan fingerprint density at radius 2 is 2.12 bits per heavy atom. The van der Waals surface area contributed by atoms with Crippen LogP contribution in [0.25, 0.3) is 0 Å². The van der Waals surface area contributed by atoms with Crippen LogP contribution >= 0.6 is 11.3 Å². The van der Waals surface area contributed by atoms with E-state index in [9.17, 15) is 5.11 Å². The SMILES string of the molecule is CCc1ccc(C(CN)OC(C)C(C)O)s1. The van der Waals surface area contributed by atoms with Crippen molar-refractivity contribution in [2.75, 3.05) is 6.54 Å². The van der Waals surface area contributed by atoms with Crippen LogP contribution in [0, 0.1) is 0 Å². The monoisotopic (exact) mass is 243 g/mol. The number of rotatable bonds is 6. The number of nitrogens with two attached hydrogens (primary N) is 1. The summed E-state index contributed by atoms with van der Waals surface area (Å²) < 4.78 is 5.74. The summed E-state index contributed by atoms with van der Waals surface area (Å²) in [5.74, 6) is 0. The van der Waals surface area contributed by atoms with E-state index in [2.05, 4.69) is 19.1 Å². The Morgan fingerprint density at radius 1 is 1.44 bits per heavy atom. The Bertz CT molecular complexity index is 312. The highest BCUT2D eigenvalue weighted by molar-refractivity contribution is 7.12. The van der Waals surface area contributed by atoms with Gasteiger partial charge in [0.2, 0.25) is 0 Å². The first-order valence-corrected chi connectivity index (χ1v) is 6.52. The number of ether oxygens (including phenoxy) is 1. The number of hydrogen-bond donors (Lipinski definition) is 2. The summed E-state index contributed by atoms with van der Waals surface area (Å²) in [5.41, 5.74) is 5.70. The highest BCUT2D eigenvalue weighted by Crippen LogP contribution is 2.27. The summed E-state index contributed by atoms with van der Waals surface area (Å²) in [5, 5.41) is 9.40. The minimum absolute atomic E-state index is 0.102. The Morgan fingerprint density at radius 3 is 2.56 bits per heavy atom. The Hall–Kier alpha value is -0.420. The van der Waals surface area contributed by atoms with Crippen molar-refractivity contribution in [1.29, 1.82) is 0 Å². The van der Waals surface area contributed by atoms with Crippen molar-refractivity contribution in [2.24, 2.45) is 5.73 Å². The molecule has 0 radical (unpaired) electrons. The largest absolute Gasteiger partial charge is 0.391 e. The van der Waals surface area contributed by atoms with Crippen LogP contribution in [0.4, 0.5) is 0 Å². The molecular weight excluding hydrogens is 222 g/mol. The van der Waals surface area contributed by atoms with Crippen LogP contribution < -0.4 is 5.73 Å². The second kappa shape index (κ2) is 6.35. The lowest BCUT2D eigenvalue weighted by Crippen LogP contribution is -2.27. The molecule has 0 aliphatic rings. The molecule has 3 unspecified atom stereocenters. The van der Waals surface area contributed by atoms with Gasteiger partial charge in [-0.05, 0) is 32.4 Å². The van der Waals surface area contributed by atoms with Gasteiger partial charge in [-0.1, -0.05) is 6.92 Å². The third-order valence-electron chi connectivity index (χ3n) is 2.62. The summed E-state index contributed by atoms with van der Waals surface area (Å²) in [6.45, 7) is 6.17. The van der Waals surface area contributed by atoms with Gasteiger partial charge < -0.3 is 15.6 Å². The van der Waals surface area contributed by atoms with E-state index >= 15 is 0 Å². The molecular formula is C12H21NO2S. The quantitative estimate of drug-likeness (QED) is 0.804. The first-order valence-electron chi connectivity index (χ1n) is 5.70.